The number of anilines is 1. The Hall–Kier alpha value is -3.37. The number of halogens is 3. The van der Waals surface area contributed by atoms with Crippen molar-refractivity contribution >= 4 is 23.4 Å². The van der Waals surface area contributed by atoms with Crippen molar-refractivity contribution in [2.24, 2.45) is 17.8 Å². The highest BCUT2D eigenvalue weighted by molar-refractivity contribution is 6.01. The first-order valence-corrected chi connectivity index (χ1v) is 16.2. The molecule has 3 fully saturated rings. The van der Waals surface area contributed by atoms with Crippen LogP contribution in [-0.2, 0) is 16.1 Å². The van der Waals surface area contributed by atoms with E-state index < -0.39 is 48.6 Å². The number of carbonyl (C=O) groups is 3. The molecule has 8 nitrogen and oxygen atoms in total. The molecule has 1 aromatic carbocycles. The molecule has 0 unspecified atom stereocenters. The second-order valence-corrected chi connectivity index (χ2v) is 12.9. The quantitative estimate of drug-likeness (QED) is 0.336. The Labute approximate surface area is 257 Å². The molecular formula is C33H44F3N5O3. The SMILES string of the molecule is CCn1nccc1C(=O)N[C@H](C(=O)Nc1ccc([C@H](C)C(=O)N2CC(F)(F)C2)cc1F)C(C1CCCCC1)C1CCCCC1. The lowest BCUT2D eigenvalue weighted by molar-refractivity contribution is -0.166. The largest absolute Gasteiger partial charge is 0.339 e. The molecule has 240 valence electrons. The van der Waals surface area contributed by atoms with Crippen molar-refractivity contribution in [2.75, 3.05) is 18.4 Å². The molecule has 1 saturated heterocycles. The molecule has 2 N–H and O–H groups in total. The number of nitrogens with zero attached hydrogens (tertiary/aromatic N) is 3. The number of alkyl halides is 2. The normalized spacial score (nSPS) is 20.5. The van der Waals surface area contributed by atoms with Crippen LogP contribution in [0.2, 0.25) is 0 Å². The first kappa shape index (κ1) is 32.0. The van der Waals surface area contributed by atoms with Gasteiger partial charge in [-0.2, -0.15) is 5.10 Å². The van der Waals surface area contributed by atoms with Crippen LogP contribution in [0.15, 0.2) is 30.5 Å². The number of rotatable bonds is 10. The van der Waals surface area contributed by atoms with Gasteiger partial charge in [0.2, 0.25) is 11.8 Å². The zero-order chi connectivity index (χ0) is 31.4. The molecule has 0 spiro atoms. The van der Waals surface area contributed by atoms with E-state index in [-0.39, 0.29) is 29.3 Å². The van der Waals surface area contributed by atoms with Crippen molar-refractivity contribution in [3.8, 4) is 0 Å². The summed E-state index contributed by atoms with van der Waals surface area (Å²) in [7, 11) is 0. The molecule has 2 aromatic rings. The smallest absolute Gasteiger partial charge is 0.282 e. The molecule has 11 heteroatoms. The number of hydrogen-bond acceptors (Lipinski definition) is 4. The van der Waals surface area contributed by atoms with Crippen molar-refractivity contribution in [3.05, 3.63) is 47.5 Å². The highest BCUT2D eigenvalue weighted by Crippen LogP contribution is 2.42. The highest BCUT2D eigenvalue weighted by atomic mass is 19.3. The van der Waals surface area contributed by atoms with Gasteiger partial charge >= 0.3 is 0 Å². The van der Waals surface area contributed by atoms with Gasteiger partial charge in [0.25, 0.3) is 11.8 Å². The Bertz CT molecular complexity index is 1310. The number of hydrogen-bond donors (Lipinski definition) is 2. The molecule has 0 bridgehead atoms. The molecule has 1 aliphatic heterocycles. The monoisotopic (exact) mass is 615 g/mol. The van der Waals surface area contributed by atoms with Crippen LogP contribution < -0.4 is 10.6 Å². The predicted molar refractivity (Wildman–Crippen MR) is 161 cm³/mol. The summed E-state index contributed by atoms with van der Waals surface area (Å²) in [5, 5.41) is 10.0. The molecule has 2 saturated carbocycles. The molecule has 5 rings (SSSR count). The van der Waals surface area contributed by atoms with Gasteiger partial charge < -0.3 is 15.5 Å². The average Bonchev–Trinajstić information content (AvgIpc) is 3.50. The summed E-state index contributed by atoms with van der Waals surface area (Å²) in [6, 6.07) is 4.86. The maximum absolute atomic E-state index is 15.5. The number of benzene rings is 1. The lowest BCUT2D eigenvalue weighted by Crippen LogP contribution is -2.59. The van der Waals surface area contributed by atoms with Crippen molar-refractivity contribution < 1.29 is 27.6 Å². The van der Waals surface area contributed by atoms with Gasteiger partial charge in [-0.15, -0.1) is 0 Å². The number of nitrogens with one attached hydrogen (secondary N) is 2. The fourth-order valence-electron chi connectivity index (χ4n) is 7.49. The number of carbonyl (C=O) groups excluding carboxylic acids is 3. The van der Waals surface area contributed by atoms with Crippen molar-refractivity contribution in [1.29, 1.82) is 0 Å². The van der Waals surface area contributed by atoms with Gasteiger partial charge in [0.1, 0.15) is 17.6 Å². The van der Waals surface area contributed by atoms with Gasteiger partial charge in [-0.1, -0.05) is 70.3 Å². The van der Waals surface area contributed by atoms with Crippen LogP contribution >= 0.6 is 0 Å². The fraction of sp³-hybridized carbons (Fsp3) is 0.636. The van der Waals surface area contributed by atoms with E-state index in [4.69, 9.17) is 0 Å². The van der Waals surface area contributed by atoms with Crippen molar-refractivity contribution in [1.82, 2.24) is 20.0 Å². The Morgan fingerprint density at radius 3 is 2.14 bits per heavy atom. The summed E-state index contributed by atoms with van der Waals surface area (Å²) in [6.07, 6.45) is 12.2. The minimum Gasteiger partial charge on any atom is -0.339 e. The molecule has 44 heavy (non-hydrogen) atoms. The van der Waals surface area contributed by atoms with E-state index in [1.165, 1.54) is 18.2 Å². The molecule has 3 aliphatic rings. The van der Waals surface area contributed by atoms with Gasteiger partial charge in [-0.25, -0.2) is 13.2 Å². The zero-order valence-electron chi connectivity index (χ0n) is 25.7. The van der Waals surface area contributed by atoms with Gasteiger partial charge in [-0.05, 0) is 55.4 Å². The van der Waals surface area contributed by atoms with Crippen LogP contribution in [-0.4, -0.2) is 57.5 Å². The summed E-state index contributed by atoms with van der Waals surface area (Å²) >= 11 is 0. The van der Waals surface area contributed by atoms with Crippen molar-refractivity contribution in [2.45, 2.75) is 102 Å². The third-order valence-electron chi connectivity index (χ3n) is 9.87. The van der Waals surface area contributed by atoms with Crippen LogP contribution in [0, 0.1) is 23.6 Å². The summed E-state index contributed by atoms with van der Waals surface area (Å²) in [6.45, 7) is 2.67. The van der Waals surface area contributed by atoms with Gasteiger partial charge in [0, 0.05) is 12.7 Å². The molecule has 2 atom stereocenters. The maximum Gasteiger partial charge on any atom is 0.282 e. The van der Waals surface area contributed by atoms with Crippen molar-refractivity contribution in [3.63, 3.8) is 0 Å². The zero-order valence-corrected chi connectivity index (χ0v) is 25.7. The molecule has 3 amide bonds. The molecular weight excluding hydrogens is 571 g/mol. The Morgan fingerprint density at radius 1 is 0.977 bits per heavy atom. The molecule has 2 aliphatic carbocycles. The summed E-state index contributed by atoms with van der Waals surface area (Å²) in [5.41, 5.74) is 0.643. The van der Waals surface area contributed by atoms with Crippen LogP contribution in [0.25, 0.3) is 0 Å². The van der Waals surface area contributed by atoms with E-state index in [0.29, 0.717) is 17.8 Å². The predicted octanol–water partition coefficient (Wildman–Crippen LogP) is 6.14. The molecule has 1 aromatic heterocycles. The van der Waals surface area contributed by atoms with Gasteiger partial charge in [0.15, 0.2) is 0 Å². The summed E-state index contributed by atoms with van der Waals surface area (Å²) < 4.78 is 43.6. The van der Waals surface area contributed by atoms with E-state index >= 15 is 4.39 Å². The lowest BCUT2D eigenvalue weighted by Gasteiger charge is -2.42. The summed E-state index contributed by atoms with van der Waals surface area (Å²) in [4.78, 5) is 41.4. The highest BCUT2D eigenvalue weighted by Gasteiger charge is 2.47. The molecule has 0 radical (unpaired) electrons. The average molecular weight is 616 g/mol. The van der Waals surface area contributed by atoms with Crippen LogP contribution in [0.4, 0.5) is 18.9 Å². The van der Waals surface area contributed by atoms with E-state index in [1.807, 2.05) is 6.92 Å². The Kier molecular flexibility index (Phi) is 10.00. The second-order valence-electron chi connectivity index (χ2n) is 12.9. The van der Waals surface area contributed by atoms with E-state index in [0.717, 1.165) is 69.1 Å². The summed E-state index contributed by atoms with van der Waals surface area (Å²) in [5.74, 6) is -5.34. The Morgan fingerprint density at radius 2 is 1.59 bits per heavy atom. The van der Waals surface area contributed by atoms with E-state index in [2.05, 4.69) is 15.7 Å². The van der Waals surface area contributed by atoms with E-state index in [1.54, 1.807) is 23.9 Å². The fourth-order valence-corrected chi connectivity index (χ4v) is 7.49. The standard InChI is InChI=1S/C33H44F3N5O3/c1-3-41-27(16-17-37-41)30(42)39-29(28(22-10-6-4-7-11-22)23-12-8-5-9-13-23)31(43)38-26-15-14-24(18-25(26)34)21(2)32(44)40-19-33(35,36)20-40/h14-18,21-23,28-29H,3-13,19-20H2,1-2H3,(H,38,43)(H,39,42)/t21-,29-/m0/s1. The topological polar surface area (TPSA) is 96.3 Å². The third-order valence-corrected chi connectivity index (χ3v) is 9.87. The van der Waals surface area contributed by atoms with Gasteiger partial charge in [0.05, 0.1) is 24.7 Å². The van der Waals surface area contributed by atoms with Crippen LogP contribution in [0.5, 0.6) is 0 Å². The van der Waals surface area contributed by atoms with E-state index in [9.17, 15) is 23.2 Å². The number of amides is 3. The second kappa shape index (κ2) is 13.7. The third kappa shape index (κ3) is 7.12. The first-order chi connectivity index (χ1) is 21.1. The molecule has 2 heterocycles. The van der Waals surface area contributed by atoms with Crippen LogP contribution in [0.1, 0.15) is 100 Å². The lowest BCUT2D eigenvalue weighted by atomic mass is 9.66. The van der Waals surface area contributed by atoms with Gasteiger partial charge in [-0.3, -0.25) is 19.1 Å². The van der Waals surface area contributed by atoms with Crippen LogP contribution in [0.3, 0.4) is 0 Å². The number of aromatic nitrogens is 2. The number of aryl methyl sites for hydroxylation is 1. The number of likely N-dealkylation sites (tertiary alicyclic amines) is 1. The Balaban J connectivity index is 1.39. The maximum atomic E-state index is 15.5. The minimum absolute atomic E-state index is 0.0576. The first-order valence-electron chi connectivity index (χ1n) is 16.2. The minimum atomic E-state index is -2.88.